The Morgan fingerprint density at radius 3 is 1.48 bits per heavy atom. The fourth-order valence-corrected chi connectivity index (χ4v) is 11.2. The molecule has 2 saturated heterocycles. The van der Waals surface area contributed by atoms with E-state index in [9.17, 15) is 19.2 Å². The van der Waals surface area contributed by atoms with Gasteiger partial charge in [0.1, 0.15) is 23.7 Å². The fraction of sp³-hybridized carbons (Fsp3) is 0.520. The lowest BCUT2D eigenvalue weighted by atomic mass is 9.72. The topological polar surface area (TPSA) is 175 Å². The van der Waals surface area contributed by atoms with E-state index < -0.39 is 24.3 Å². The second-order valence-electron chi connectivity index (χ2n) is 19.3. The van der Waals surface area contributed by atoms with E-state index in [1.54, 1.807) is 0 Å². The molecule has 4 amide bonds. The number of carbonyl (C=O) groups is 4. The molecule has 64 heavy (non-hydrogen) atoms. The number of fused-ring (bicyclic) bond motifs is 3. The lowest BCUT2D eigenvalue weighted by Gasteiger charge is -2.33. The van der Waals surface area contributed by atoms with Gasteiger partial charge in [0.05, 0.1) is 48.4 Å². The zero-order chi connectivity index (χ0) is 44.9. The van der Waals surface area contributed by atoms with E-state index >= 15 is 0 Å². The molecule has 14 nitrogen and oxygen atoms in total. The number of rotatable bonds is 10. The van der Waals surface area contributed by atoms with Crippen molar-refractivity contribution in [2.24, 2.45) is 17.3 Å². The van der Waals surface area contributed by atoms with E-state index in [1.807, 2.05) is 37.5 Å². The van der Waals surface area contributed by atoms with Crippen LogP contribution in [0, 0.1) is 17.3 Å². The predicted molar refractivity (Wildman–Crippen MR) is 245 cm³/mol. The molecule has 338 valence electrons. The van der Waals surface area contributed by atoms with Crippen molar-refractivity contribution in [3.05, 3.63) is 71.3 Å². The van der Waals surface area contributed by atoms with Gasteiger partial charge in [0, 0.05) is 13.1 Å². The number of nitrogens with one attached hydrogen (secondary N) is 4. The van der Waals surface area contributed by atoms with Gasteiger partial charge in [0.15, 0.2) is 0 Å². The SMILES string of the molecule is COC(=O)N[C@H](C(=O)N1CCC[C@H]1c1nc2ccc(-c3ccc(-c4ccc5nc([C@@H]6CCCN6C(=O)[C@@H](NC(=O)OC)C(C)C)[nH]c5c4)c4c3CC3(CCCCC3)C4)cc2[nH]1)C(C)C. The first-order valence-corrected chi connectivity index (χ1v) is 23.3. The summed E-state index contributed by atoms with van der Waals surface area (Å²) in [7, 11) is 2.62. The summed E-state index contributed by atoms with van der Waals surface area (Å²) < 4.78 is 9.66. The van der Waals surface area contributed by atoms with Crippen LogP contribution in [-0.2, 0) is 31.9 Å². The van der Waals surface area contributed by atoms with Gasteiger partial charge in [0.25, 0.3) is 0 Å². The predicted octanol–water partition coefficient (Wildman–Crippen LogP) is 8.91. The highest BCUT2D eigenvalue weighted by Crippen LogP contribution is 2.52. The Labute approximate surface area is 374 Å². The Kier molecular flexibility index (Phi) is 11.9. The first-order chi connectivity index (χ1) is 30.9. The summed E-state index contributed by atoms with van der Waals surface area (Å²) >= 11 is 0. The number of methoxy groups -OCH3 is 2. The molecule has 0 radical (unpaired) electrons. The van der Waals surface area contributed by atoms with Gasteiger partial charge in [-0.3, -0.25) is 9.59 Å². The Morgan fingerprint density at radius 1 is 0.641 bits per heavy atom. The van der Waals surface area contributed by atoms with Crippen LogP contribution in [-0.4, -0.2) is 93.1 Å². The Balaban J connectivity index is 1.02. The van der Waals surface area contributed by atoms with E-state index in [2.05, 4.69) is 69.1 Å². The summed E-state index contributed by atoms with van der Waals surface area (Å²) in [6, 6.07) is 15.8. The van der Waals surface area contributed by atoms with Gasteiger partial charge < -0.3 is 39.9 Å². The summed E-state index contributed by atoms with van der Waals surface area (Å²) in [5.41, 5.74) is 11.5. The highest BCUT2D eigenvalue weighted by Gasteiger charge is 2.42. The van der Waals surface area contributed by atoms with Gasteiger partial charge in [-0.05, 0) is 126 Å². The third-order valence-electron chi connectivity index (χ3n) is 14.6. The number of nitrogens with zero attached hydrogens (tertiary/aromatic N) is 4. The van der Waals surface area contributed by atoms with Crippen molar-refractivity contribution in [2.75, 3.05) is 27.3 Å². The molecule has 1 saturated carbocycles. The first-order valence-electron chi connectivity index (χ1n) is 23.3. The van der Waals surface area contributed by atoms with E-state index in [0.717, 1.165) is 83.4 Å². The van der Waals surface area contributed by atoms with Gasteiger partial charge in [-0.2, -0.15) is 0 Å². The quantitative estimate of drug-likeness (QED) is 0.108. The van der Waals surface area contributed by atoms with E-state index in [4.69, 9.17) is 19.4 Å². The number of H-pyrrole nitrogens is 2. The number of benzene rings is 3. The monoisotopic (exact) mass is 870 g/mol. The van der Waals surface area contributed by atoms with Crippen molar-refractivity contribution >= 4 is 46.1 Å². The number of alkyl carbamates (subject to hydrolysis) is 2. The summed E-state index contributed by atoms with van der Waals surface area (Å²) in [6.07, 6.45) is 10.5. The molecular formula is C50H62N8O6. The van der Waals surface area contributed by atoms with Gasteiger partial charge in [-0.1, -0.05) is 71.2 Å². The number of imidazole rings is 2. The van der Waals surface area contributed by atoms with Crippen LogP contribution in [0.15, 0.2) is 48.5 Å². The maximum atomic E-state index is 13.9. The van der Waals surface area contributed by atoms with Gasteiger partial charge in [0.2, 0.25) is 11.8 Å². The zero-order valence-electron chi connectivity index (χ0n) is 38.0. The standard InChI is InChI=1S/C50H62N8O6/c1-28(2)42(55-48(61)63-5)46(59)57-22-10-12-40(57)44-51-36-18-14-30(24-38(36)53-44)32-16-17-33(35-27-50(26-34(32)35)20-8-7-9-21-50)31-15-19-37-39(25-31)54-45(52-37)41-13-11-23-58(41)47(60)43(29(3)4)56-49(62)64-6/h14-19,24-25,28-29,40-43H,7-13,20-23,26-27H2,1-6H3,(H,51,53)(H,52,54)(H,55,61)(H,56,62)/t40-,41-,42-,43-/m0/s1. The van der Waals surface area contributed by atoms with E-state index in [-0.39, 0.29) is 41.1 Å². The smallest absolute Gasteiger partial charge is 0.407 e. The molecule has 1 spiro atoms. The summed E-state index contributed by atoms with van der Waals surface area (Å²) in [5, 5.41) is 5.49. The normalized spacial score (nSPS) is 20.3. The van der Waals surface area contributed by atoms with E-state index in [0.29, 0.717) is 13.1 Å². The molecule has 4 atom stereocenters. The second kappa shape index (κ2) is 17.6. The molecule has 3 aromatic carbocycles. The number of ether oxygens (including phenoxy) is 2. The molecule has 0 unspecified atom stereocenters. The highest BCUT2D eigenvalue weighted by molar-refractivity contribution is 5.90. The highest BCUT2D eigenvalue weighted by atomic mass is 16.5. The summed E-state index contributed by atoms with van der Waals surface area (Å²) in [5.74, 6) is 1.06. The molecule has 4 aliphatic rings. The van der Waals surface area contributed by atoms with Crippen LogP contribution >= 0.6 is 0 Å². The molecule has 4 heterocycles. The van der Waals surface area contributed by atoms with Crippen molar-refractivity contribution in [1.82, 2.24) is 40.4 Å². The molecule has 2 aromatic heterocycles. The van der Waals surface area contributed by atoms with Crippen molar-refractivity contribution in [1.29, 1.82) is 0 Å². The largest absolute Gasteiger partial charge is 0.453 e. The van der Waals surface area contributed by atoms with Crippen LogP contribution in [0.1, 0.15) is 120 Å². The number of carbonyl (C=O) groups excluding carboxylic acids is 4. The Bertz CT molecular complexity index is 2420. The van der Waals surface area contributed by atoms with Crippen LogP contribution in [0.5, 0.6) is 0 Å². The first kappa shape index (κ1) is 43.3. The zero-order valence-corrected chi connectivity index (χ0v) is 38.0. The van der Waals surface area contributed by atoms with Crippen LogP contribution in [0.2, 0.25) is 0 Å². The minimum absolute atomic E-state index is 0.109. The second-order valence-corrected chi connectivity index (χ2v) is 19.3. The van der Waals surface area contributed by atoms with Crippen LogP contribution < -0.4 is 10.6 Å². The lowest BCUT2D eigenvalue weighted by Crippen LogP contribution is -2.51. The fourth-order valence-electron chi connectivity index (χ4n) is 11.2. The maximum absolute atomic E-state index is 13.9. The summed E-state index contributed by atoms with van der Waals surface area (Å²) in [4.78, 5) is 73.0. The average molecular weight is 871 g/mol. The van der Waals surface area contributed by atoms with Crippen LogP contribution in [0.3, 0.4) is 0 Å². The third kappa shape index (κ3) is 8.08. The van der Waals surface area contributed by atoms with Gasteiger partial charge in [-0.15, -0.1) is 0 Å². The van der Waals surface area contributed by atoms with Gasteiger partial charge >= 0.3 is 12.2 Å². The molecule has 5 aromatic rings. The van der Waals surface area contributed by atoms with Crippen molar-refractivity contribution < 1.29 is 28.7 Å². The number of hydrogen-bond acceptors (Lipinski definition) is 8. The van der Waals surface area contributed by atoms with E-state index in [1.165, 1.54) is 68.6 Å². The number of aromatic amines is 2. The Morgan fingerprint density at radius 2 is 1.08 bits per heavy atom. The molecular weight excluding hydrogens is 809 g/mol. The lowest BCUT2D eigenvalue weighted by molar-refractivity contribution is -0.136. The summed E-state index contributed by atoms with van der Waals surface area (Å²) in [6.45, 7) is 8.90. The average Bonchev–Trinajstić information content (AvgIpc) is 4.15. The number of amides is 4. The molecule has 9 rings (SSSR count). The number of likely N-dealkylation sites (tertiary alicyclic amines) is 2. The molecule has 2 aliphatic carbocycles. The van der Waals surface area contributed by atoms with Crippen LogP contribution in [0.25, 0.3) is 44.3 Å². The van der Waals surface area contributed by atoms with Gasteiger partial charge in [-0.25, -0.2) is 19.6 Å². The Hall–Kier alpha value is -5.92. The van der Waals surface area contributed by atoms with Crippen molar-refractivity contribution in [3.63, 3.8) is 0 Å². The third-order valence-corrected chi connectivity index (χ3v) is 14.6. The minimum Gasteiger partial charge on any atom is -0.453 e. The molecule has 14 heteroatoms. The number of aromatic nitrogens is 4. The number of hydrogen-bond donors (Lipinski definition) is 4. The minimum atomic E-state index is -0.692. The maximum Gasteiger partial charge on any atom is 0.407 e. The van der Waals surface area contributed by atoms with Crippen molar-refractivity contribution in [3.8, 4) is 22.3 Å². The molecule has 3 fully saturated rings. The molecule has 4 N–H and O–H groups in total. The van der Waals surface area contributed by atoms with Crippen molar-refractivity contribution in [2.45, 2.75) is 122 Å². The molecule has 0 bridgehead atoms. The van der Waals surface area contributed by atoms with Crippen LogP contribution in [0.4, 0.5) is 9.59 Å². The molecule has 2 aliphatic heterocycles.